The molecule has 0 aliphatic carbocycles. The van der Waals surface area contributed by atoms with Crippen LogP contribution in [0.2, 0.25) is 0 Å². The minimum absolute atomic E-state index is 0.206. The van der Waals surface area contributed by atoms with Crippen LogP contribution in [-0.4, -0.2) is 22.8 Å². The van der Waals surface area contributed by atoms with Crippen molar-refractivity contribution in [3.63, 3.8) is 0 Å². The van der Waals surface area contributed by atoms with Gasteiger partial charge in [0, 0.05) is 19.8 Å². The third-order valence-electron chi connectivity index (χ3n) is 3.07. The molecule has 0 radical (unpaired) electrons. The lowest BCUT2D eigenvalue weighted by molar-refractivity contribution is 0.129. The highest BCUT2D eigenvalue weighted by molar-refractivity contribution is 7.71. The molecule has 0 aliphatic heterocycles. The molecule has 0 saturated carbocycles. The number of rotatable bonds is 6. The van der Waals surface area contributed by atoms with Crippen LogP contribution in [0.5, 0.6) is 0 Å². The Morgan fingerprint density at radius 3 is 2.89 bits per heavy atom. The number of halogens is 1. The van der Waals surface area contributed by atoms with Crippen LogP contribution in [0.25, 0.3) is 11.0 Å². The number of nitrogens with zero attached hydrogens (tertiary/aromatic N) is 1. The van der Waals surface area contributed by atoms with E-state index in [0.717, 1.165) is 43.6 Å². The summed E-state index contributed by atoms with van der Waals surface area (Å²) < 4.78 is 21.6. The Hall–Kier alpha value is -1.20. The molecule has 5 heteroatoms. The molecule has 19 heavy (non-hydrogen) atoms. The standard InChI is InChI=1S/C14H19FN2OS/c1-3-6-18-7-4-5-17-13-8-10(2)11(15)9-12(13)16-14(17)19/h8-9H,3-7H2,1-2H3,(H,16,19). The van der Waals surface area contributed by atoms with Gasteiger partial charge in [-0.3, -0.25) is 0 Å². The van der Waals surface area contributed by atoms with Gasteiger partial charge in [-0.05, 0) is 49.7 Å². The molecule has 0 fully saturated rings. The number of hydrogen-bond acceptors (Lipinski definition) is 2. The van der Waals surface area contributed by atoms with Gasteiger partial charge in [0.1, 0.15) is 5.82 Å². The Kier molecular flexibility index (Phi) is 4.71. The summed E-state index contributed by atoms with van der Waals surface area (Å²) in [6.45, 7) is 6.16. The third-order valence-corrected chi connectivity index (χ3v) is 3.40. The van der Waals surface area contributed by atoms with Crippen molar-refractivity contribution in [2.45, 2.75) is 33.2 Å². The maximum atomic E-state index is 13.5. The Bertz CT molecular complexity index is 618. The fourth-order valence-electron chi connectivity index (χ4n) is 2.07. The highest BCUT2D eigenvalue weighted by atomic mass is 32.1. The van der Waals surface area contributed by atoms with Crippen LogP contribution in [0.4, 0.5) is 4.39 Å². The van der Waals surface area contributed by atoms with E-state index < -0.39 is 0 Å². The number of aromatic nitrogens is 2. The van der Waals surface area contributed by atoms with Gasteiger partial charge in [0.2, 0.25) is 0 Å². The number of ether oxygens (including phenoxy) is 1. The van der Waals surface area contributed by atoms with Crippen LogP contribution in [0.1, 0.15) is 25.3 Å². The van der Waals surface area contributed by atoms with Crippen LogP contribution in [0.3, 0.4) is 0 Å². The average molecular weight is 282 g/mol. The zero-order chi connectivity index (χ0) is 13.8. The molecule has 0 unspecified atom stereocenters. The Balaban J connectivity index is 2.16. The first-order valence-electron chi connectivity index (χ1n) is 6.60. The lowest BCUT2D eigenvalue weighted by atomic mass is 10.2. The van der Waals surface area contributed by atoms with E-state index in [-0.39, 0.29) is 5.82 Å². The minimum Gasteiger partial charge on any atom is -0.381 e. The predicted octanol–water partition coefficient (Wildman–Crippen LogP) is 3.96. The number of hydrogen-bond donors (Lipinski definition) is 1. The molecule has 0 spiro atoms. The van der Waals surface area contributed by atoms with Crippen LogP contribution < -0.4 is 0 Å². The first kappa shape index (κ1) is 14.2. The minimum atomic E-state index is -0.206. The molecule has 0 bridgehead atoms. The first-order chi connectivity index (χ1) is 9.13. The molecule has 0 saturated heterocycles. The molecule has 104 valence electrons. The lowest BCUT2D eigenvalue weighted by Crippen LogP contribution is -2.03. The summed E-state index contributed by atoms with van der Waals surface area (Å²) in [6.07, 6.45) is 1.93. The summed E-state index contributed by atoms with van der Waals surface area (Å²) in [7, 11) is 0. The molecule has 1 heterocycles. The van der Waals surface area contributed by atoms with Crippen molar-refractivity contribution in [2.24, 2.45) is 0 Å². The smallest absolute Gasteiger partial charge is 0.178 e. The largest absolute Gasteiger partial charge is 0.381 e. The number of aryl methyl sites for hydroxylation is 2. The number of imidazole rings is 1. The van der Waals surface area contributed by atoms with Gasteiger partial charge in [-0.15, -0.1) is 0 Å². The van der Waals surface area contributed by atoms with Crippen molar-refractivity contribution in [2.75, 3.05) is 13.2 Å². The Labute approximate surface area is 117 Å². The van der Waals surface area contributed by atoms with Gasteiger partial charge in [0.25, 0.3) is 0 Å². The van der Waals surface area contributed by atoms with Crippen LogP contribution >= 0.6 is 12.2 Å². The quantitative estimate of drug-likeness (QED) is 0.642. The van der Waals surface area contributed by atoms with E-state index in [9.17, 15) is 4.39 Å². The molecular formula is C14H19FN2OS. The summed E-state index contributed by atoms with van der Waals surface area (Å²) in [5.41, 5.74) is 2.35. The fraction of sp³-hybridized carbons (Fsp3) is 0.500. The monoisotopic (exact) mass is 282 g/mol. The fourth-order valence-corrected chi connectivity index (χ4v) is 2.37. The normalized spacial score (nSPS) is 11.3. The summed E-state index contributed by atoms with van der Waals surface area (Å²) in [4.78, 5) is 3.04. The van der Waals surface area contributed by atoms with Crippen molar-refractivity contribution in [1.82, 2.24) is 9.55 Å². The number of fused-ring (bicyclic) bond motifs is 1. The van der Waals surface area contributed by atoms with Gasteiger partial charge >= 0.3 is 0 Å². The molecule has 1 aromatic carbocycles. The van der Waals surface area contributed by atoms with Gasteiger partial charge in [0.05, 0.1) is 11.0 Å². The molecule has 3 nitrogen and oxygen atoms in total. The van der Waals surface area contributed by atoms with E-state index in [1.165, 1.54) is 6.07 Å². The van der Waals surface area contributed by atoms with Crippen LogP contribution in [0, 0.1) is 17.5 Å². The predicted molar refractivity (Wildman–Crippen MR) is 77.5 cm³/mol. The number of H-pyrrole nitrogens is 1. The zero-order valence-corrected chi connectivity index (χ0v) is 12.1. The SMILES string of the molecule is CCCOCCCn1c(=S)[nH]c2cc(F)c(C)cc21. The summed E-state index contributed by atoms with van der Waals surface area (Å²) in [6, 6.07) is 3.34. The molecule has 1 N–H and O–H groups in total. The van der Waals surface area contributed by atoms with E-state index in [0.29, 0.717) is 10.3 Å². The van der Waals surface area contributed by atoms with E-state index in [1.54, 1.807) is 6.92 Å². The molecule has 0 atom stereocenters. The molecule has 0 amide bonds. The van der Waals surface area contributed by atoms with Crippen molar-refractivity contribution in [3.8, 4) is 0 Å². The maximum Gasteiger partial charge on any atom is 0.178 e. The zero-order valence-electron chi connectivity index (χ0n) is 11.3. The van der Waals surface area contributed by atoms with Crippen LogP contribution in [0.15, 0.2) is 12.1 Å². The summed E-state index contributed by atoms with van der Waals surface area (Å²) in [5, 5.41) is 0. The number of aromatic amines is 1. The van der Waals surface area contributed by atoms with Crippen molar-refractivity contribution in [3.05, 3.63) is 28.3 Å². The van der Waals surface area contributed by atoms with Gasteiger partial charge < -0.3 is 14.3 Å². The lowest BCUT2D eigenvalue weighted by Gasteiger charge is -2.06. The molecule has 2 aromatic rings. The second-order valence-electron chi connectivity index (χ2n) is 4.67. The molecule has 0 aliphatic rings. The second-order valence-corrected chi connectivity index (χ2v) is 5.05. The second kappa shape index (κ2) is 6.30. The van der Waals surface area contributed by atoms with Gasteiger partial charge in [0.15, 0.2) is 4.77 Å². The maximum absolute atomic E-state index is 13.5. The van der Waals surface area contributed by atoms with Gasteiger partial charge in [-0.25, -0.2) is 4.39 Å². The van der Waals surface area contributed by atoms with E-state index in [2.05, 4.69) is 11.9 Å². The number of nitrogens with one attached hydrogen (secondary N) is 1. The van der Waals surface area contributed by atoms with E-state index >= 15 is 0 Å². The third kappa shape index (κ3) is 3.22. The Morgan fingerprint density at radius 2 is 2.16 bits per heavy atom. The molecular weight excluding hydrogens is 263 g/mol. The first-order valence-corrected chi connectivity index (χ1v) is 7.00. The van der Waals surface area contributed by atoms with Crippen molar-refractivity contribution < 1.29 is 9.13 Å². The van der Waals surface area contributed by atoms with E-state index in [1.807, 2.05) is 10.6 Å². The van der Waals surface area contributed by atoms with Gasteiger partial charge in [-0.1, -0.05) is 6.92 Å². The highest BCUT2D eigenvalue weighted by Gasteiger charge is 2.07. The Morgan fingerprint density at radius 1 is 1.37 bits per heavy atom. The average Bonchev–Trinajstić information content (AvgIpc) is 2.66. The summed E-state index contributed by atoms with van der Waals surface area (Å²) in [5.74, 6) is -0.206. The highest BCUT2D eigenvalue weighted by Crippen LogP contribution is 2.19. The van der Waals surface area contributed by atoms with Crippen LogP contribution in [-0.2, 0) is 11.3 Å². The van der Waals surface area contributed by atoms with Crippen molar-refractivity contribution >= 4 is 23.3 Å². The van der Waals surface area contributed by atoms with E-state index in [4.69, 9.17) is 17.0 Å². The summed E-state index contributed by atoms with van der Waals surface area (Å²) >= 11 is 5.28. The molecule has 1 aromatic heterocycles. The number of benzene rings is 1. The molecule has 2 rings (SSSR count). The van der Waals surface area contributed by atoms with Crippen molar-refractivity contribution in [1.29, 1.82) is 0 Å². The topological polar surface area (TPSA) is 29.9 Å². The van der Waals surface area contributed by atoms with Gasteiger partial charge in [-0.2, -0.15) is 0 Å².